The van der Waals surface area contributed by atoms with Crippen LogP contribution in [0.15, 0.2) is 18.2 Å². The van der Waals surface area contributed by atoms with Gasteiger partial charge >= 0.3 is 0 Å². The monoisotopic (exact) mass is 271 g/mol. The van der Waals surface area contributed by atoms with Gasteiger partial charge in [0.05, 0.1) is 12.7 Å². The molecule has 0 aliphatic rings. The molecule has 5 heteroatoms. The molecule has 1 unspecified atom stereocenters. The molecule has 0 aliphatic carbocycles. The van der Waals surface area contributed by atoms with Crippen molar-refractivity contribution < 1.29 is 14.6 Å². The van der Waals surface area contributed by atoms with Gasteiger partial charge in [-0.25, -0.2) is 0 Å². The normalized spacial score (nSPS) is 11.9. The van der Waals surface area contributed by atoms with Gasteiger partial charge in [0.1, 0.15) is 11.5 Å². The predicted molar refractivity (Wildman–Crippen MR) is 71.5 cm³/mol. The van der Waals surface area contributed by atoms with Crippen molar-refractivity contribution in [3.8, 4) is 11.5 Å². The average Bonchev–Trinajstić information content (AvgIpc) is 2.36. The standard InChI is InChI=1S/C13H18ClNO3/c1-9(5-6-14)8-15-13(17)11-4-3-10(18-2)7-12(11)16/h3-4,7,9,16H,5-6,8H2,1-2H3,(H,15,17). The number of carbonyl (C=O) groups excluding carboxylic acids is 1. The molecular weight excluding hydrogens is 254 g/mol. The highest BCUT2D eigenvalue weighted by Gasteiger charge is 2.12. The maximum atomic E-state index is 11.8. The lowest BCUT2D eigenvalue weighted by Crippen LogP contribution is -2.28. The fourth-order valence-corrected chi connectivity index (χ4v) is 1.85. The van der Waals surface area contributed by atoms with E-state index in [1.807, 2.05) is 6.92 Å². The van der Waals surface area contributed by atoms with Crippen LogP contribution in [0.5, 0.6) is 11.5 Å². The maximum Gasteiger partial charge on any atom is 0.255 e. The molecule has 0 spiro atoms. The molecule has 0 aliphatic heterocycles. The molecule has 0 saturated carbocycles. The van der Waals surface area contributed by atoms with E-state index in [4.69, 9.17) is 16.3 Å². The number of amides is 1. The number of aromatic hydroxyl groups is 1. The zero-order valence-corrected chi connectivity index (χ0v) is 11.3. The maximum absolute atomic E-state index is 11.8. The number of phenols is 1. The van der Waals surface area contributed by atoms with Crippen molar-refractivity contribution in [3.05, 3.63) is 23.8 Å². The van der Waals surface area contributed by atoms with Gasteiger partial charge in [0, 0.05) is 18.5 Å². The number of benzene rings is 1. The van der Waals surface area contributed by atoms with Crippen LogP contribution in [0.4, 0.5) is 0 Å². The molecule has 0 heterocycles. The quantitative estimate of drug-likeness (QED) is 0.781. The van der Waals surface area contributed by atoms with Gasteiger partial charge < -0.3 is 15.2 Å². The van der Waals surface area contributed by atoms with Crippen molar-refractivity contribution in [3.63, 3.8) is 0 Å². The van der Waals surface area contributed by atoms with E-state index in [0.29, 0.717) is 24.1 Å². The van der Waals surface area contributed by atoms with Crippen molar-refractivity contribution in [2.24, 2.45) is 5.92 Å². The molecule has 1 amide bonds. The first-order chi connectivity index (χ1) is 8.58. The Morgan fingerprint density at radius 2 is 2.28 bits per heavy atom. The number of carbonyl (C=O) groups is 1. The van der Waals surface area contributed by atoms with Gasteiger partial charge in [-0.05, 0) is 24.5 Å². The minimum absolute atomic E-state index is 0.0863. The minimum Gasteiger partial charge on any atom is -0.507 e. The lowest BCUT2D eigenvalue weighted by molar-refractivity contribution is 0.0945. The van der Waals surface area contributed by atoms with Crippen LogP contribution in [0.3, 0.4) is 0 Å². The van der Waals surface area contributed by atoms with Gasteiger partial charge in [-0.1, -0.05) is 6.92 Å². The molecule has 0 saturated heterocycles. The van der Waals surface area contributed by atoms with Gasteiger partial charge in [-0.15, -0.1) is 11.6 Å². The van der Waals surface area contributed by atoms with Gasteiger partial charge in [0.15, 0.2) is 0 Å². The molecule has 1 aromatic rings. The average molecular weight is 272 g/mol. The van der Waals surface area contributed by atoms with Crippen LogP contribution in [-0.4, -0.2) is 30.5 Å². The van der Waals surface area contributed by atoms with E-state index in [0.717, 1.165) is 6.42 Å². The highest BCUT2D eigenvalue weighted by Crippen LogP contribution is 2.23. The fraction of sp³-hybridized carbons (Fsp3) is 0.462. The summed E-state index contributed by atoms with van der Waals surface area (Å²) in [6, 6.07) is 4.59. The predicted octanol–water partition coefficient (Wildman–Crippen LogP) is 2.40. The molecule has 0 bridgehead atoms. The SMILES string of the molecule is COc1ccc(C(=O)NCC(C)CCCl)c(O)c1. The zero-order chi connectivity index (χ0) is 13.5. The third-order valence-corrected chi connectivity index (χ3v) is 2.88. The first kappa shape index (κ1) is 14.6. The van der Waals surface area contributed by atoms with Crippen LogP contribution in [0.2, 0.25) is 0 Å². The highest BCUT2D eigenvalue weighted by atomic mass is 35.5. The molecule has 1 atom stereocenters. The zero-order valence-electron chi connectivity index (χ0n) is 10.6. The van der Waals surface area contributed by atoms with E-state index in [-0.39, 0.29) is 17.2 Å². The molecule has 2 N–H and O–H groups in total. The summed E-state index contributed by atoms with van der Waals surface area (Å²) in [6.07, 6.45) is 0.844. The number of alkyl halides is 1. The first-order valence-corrected chi connectivity index (χ1v) is 6.33. The highest BCUT2D eigenvalue weighted by molar-refractivity contribution is 6.17. The smallest absolute Gasteiger partial charge is 0.255 e. The third-order valence-electron chi connectivity index (χ3n) is 2.66. The largest absolute Gasteiger partial charge is 0.507 e. The second-order valence-electron chi connectivity index (χ2n) is 4.18. The van der Waals surface area contributed by atoms with Crippen molar-refractivity contribution >= 4 is 17.5 Å². The second kappa shape index (κ2) is 7.11. The summed E-state index contributed by atoms with van der Waals surface area (Å²) in [7, 11) is 1.50. The van der Waals surface area contributed by atoms with Gasteiger partial charge in [-0.3, -0.25) is 4.79 Å². The van der Waals surface area contributed by atoms with Gasteiger partial charge in [0.2, 0.25) is 0 Å². The number of halogens is 1. The number of hydrogen-bond donors (Lipinski definition) is 2. The number of nitrogens with one attached hydrogen (secondary N) is 1. The van der Waals surface area contributed by atoms with Crippen LogP contribution < -0.4 is 10.1 Å². The van der Waals surface area contributed by atoms with E-state index >= 15 is 0 Å². The van der Waals surface area contributed by atoms with Crippen molar-refractivity contribution in [2.45, 2.75) is 13.3 Å². The number of methoxy groups -OCH3 is 1. The van der Waals surface area contributed by atoms with Crippen LogP contribution in [0.1, 0.15) is 23.7 Å². The van der Waals surface area contributed by atoms with Crippen molar-refractivity contribution in [1.29, 1.82) is 0 Å². The Bertz CT molecular complexity index is 409. The van der Waals surface area contributed by atoms with E-state index < -0.39 is 0 Å². The van der Waals surface area contributed by atoms with Crippen LogP contribution in [-0.2, 0) is 0 Å². The van der Waals surface area contributed by atoms with E-state index in [2.05, 4.69) is 5.32 Å². The Labute approximate surface area is 112 Å². The lowest BCUT2D eigenvalue weighted by atomic mass is 10.1. The van der Waals surface area contributed by atoms with Crippen molar-refractivity contribution in [2.75, 3.05) is 19.5 Å². The first-order valence-electron chi connectivity index (χ1n) is 5.79. The topological polar surface area (TPSA) is 58.6 Å². The Morgan fingerprint density at radius 1 is 1.56 bits per heavy atom. The van der Waals surface area contributed by atoms with E-state index in [9.17, 15) is 9.90 Å². The molecule has 1 aromatic carbocycles. The Morgan fingerprint density at radius 3 is 2.83 bits per heavy atom. The summed E-state index contributed by atoms with van der Waals surface area (Å²) in [4.78, 5) is 11.8. The van der Waals surface area contributed by atoms with Gasteiger partial charge in [-0.2, -0.15) is 0 Å². The Hall–Kier alpha value is -1.42. The molecular formula is C13H18ClNO3. The van der Waals surface area contributed by atoms with Crippen LogP contribution in [0.25, 0.3) is 0 Å². The van der Waals surface area contributed by atoms with E-state index in [1.54, 1.807) is 6.07 Å². The summed E-state index contributed by atoms with van der Waals surface area (Å²) in [5.74, 6) is 1.02. The summed E-state index contributed by atoms with van der Waals surface area (Å²) in [5.41, 5.74) is 0.244. The minimum atomic E-state index is -0.295. The summed E-state index contributed by atoms with van der Waals surface area (Å²) in [6.45, 7) is 2.55. The number of phenolic OH excluding ortho intramolecular Hbond substituents is 1. The Kier molecular flexibility index (Phi) is 5.78. The van der Waals surface area contributed by atoms with Gasteiger partial charge in [0.25, 0.3) is 5.91 Å². The molecule has 0 fully saturated rings. The molecule has 18 heavy (non-hydrogen) atoms. The number of hydrogen-bond acceptors (Lipinski definition) is 3. The van der Waals surface area contributed by atoms with Crippen molar-refractivity contribution in [1.82, 2.24) is 5.32 Å². The molecule has 100 valence electrons. The van der Waals surface area contributed by atoms with Crippen LogP contribution in [0, 0.1) is 5.92 Å². The summed E-state index contributed by atoms with van der Waals surface area (Å²) < 4.78 is 4.95. The lowest BCUT2D eigenvalue weighted by Gasteiger charge is -2.12. The molecule has 1 rings (SSSR count). The summed E-state index contributed by atoms with van der Waals surface area (Å²) >= 11 is 5.62. The number of ether oxygens (including phenoxy) is 1. The third kappa shape index (κ3) is 4.11. The molecule has 4 nitrogen and oxygen atoms in total. The number of rotatable bonds is 6. The summed E-state index contributed by atoms with van der Waals surface area (Å²) in [5, 5.41) is 12.5. The Balaban J connectivity index is 2.61. The molecule has 0 radical (unpaired) electrons. The fourth-order valence-electron chi connectivity index (χ4n) is 1.48. The van der Waals surface area contributed by atoms with E-state index in [1.165, 1.54) is 19.2 Å². The molecule has 0 aromatic heterocycles. The van der Waals surface area contributed by atoms with Crippen LogP contribution >= 0.6 is 11.6 Å². The second-order valence-corrected chi connectivity index (χ2v) is 4.55.